The second-order valence-electron chi connectivity index (χ2n) is 12.5. The maximum atomic E-state index is 13.8. The van der Waals surface area contributed by atoms with Gasteiger partial charge in [-0.3, -0.25) is 29.0 Å². The summed E-state index contributed by atoms with van der Waals surface area (Å²) in [5.74, 6) is -1.14. The fourth-order valence-electron chi connectivity index (χ4n) is 7.09. The highest BCUT2D eigenvalue weighted by molar-refractivity contribution is 6.31. The maximum Gasteiger partial charge on any atom is 0.262 e. The minimum Gasteiger partial charge on any atom is -0.377 e. The molecule has 2 heterocycles. The smallest absolute Gasteiger partial charge is 0.262 e. The molecule has 0 saturated carbocycles. The molecule has 6 aromatic carbocycles. The largest absolute Gasteiger partial charge is 0.377 e. The van der Waals surface area contributed by atoms with Crippen LogP contribution in [-0.4, -0.2) is 83.5 Å². The predicted molar refractivity (Wildman–Crippen MR) is 188 cm³/mol. The zero-order valence-electron chi connectivity index (χ0n) is 26.6. The summed E-state index contributed by atoms with van der Waals surface area (Å²) in [5.41, 5.74) is 2.23. The molecule has 0 atom stereocenters. The molecule has 2 aliphatic heterocycles. The molecule has 0 radical (unpaired) electrons. The van der Waals surface area contributed by atoms with Gasteiger partial charge in [-0.15, -0.1) is 0 Å². The monoisotopic (exact) mass is 632 g/mol. The number of hydrogen-bond donors (Lipinski definition) is 0. The molecular formula is C40H32N4O4. The summed E-state index contributed by atoms with van der Waals surface area (Å²) in [6, 6.07) is 30.8. The van der Waals surface area contributed by atoms with Gasteiger partial charge in [0, 0.05) is 74.6 Å². The lowest BCUT2D eigenvalue weighted by molar-refractivity contribution is 0.0587. The number of carbonyl (C=O) groups is 4. The number of nitrogens with zero attached hydrogens (tertiary/aromatic N) is 4. The highest BCUT2D eigenvalue weighted by Crippen LogP contribution is 2.37. The maximum absolute atomic E-state index is 13.8. The van der Waals surface area contributed by atoms with E-state index in [0.29, 0.717) is 35.3 Å². The van der Waals surface area contributed by atoms with E-state index in [1.807, 2.05) is 121 Å². The number of hydrogen-bond acceptors (Lipinski definition) is 6. The van der Waals surface area contributed by atoms with E-state index in [9.17, 15) is 19.2 Å². The zero-order chi connectivity index (χ0) is 33.1. The van der Waals surface area contributed by atoms with Crippen molar-refractivity contribution in [3.63, 3.8) is 0 Å². The Morgan fingerprint density at radius 3 is 1.33 bits per heavy atom. The Morgan fingerprint density at radius 1 is 0.500 bits per heavy atom. The number of rotatable bonds is 8. The van der Waals surface area contributed by atoms with Gasteiger partial charge < -0.3 is 9.80 Å². The van der Waals surface area contributed by atoms with Gasteiger partial charge in [0.05, 0.1) is 11.1 Å². The van der Waals surface area contributed by atoms with Crippen LogP contribution in [0.3, 0.4) is 0 Å². The van der Waals surface area contributed by atoms with Gasteiger partial charge in [0.15, 0.2) is 0 Å². The van der Waals surface area contributed by atoms with Crippen molar-refractivity contribution >= 4 is 66.7 Å². The van der Waals surface area contributed by atoms with Crippen molar-refractivity contribution in [1.29, 1.82) is 0 Å². The topological polar surface area (TPSA) is 81.2 Å². The predicted octanol–water partition coefficient (Wildman–Crippen LogP) is 6.53. The third-order valence-corrected chi connectivity index (χ3v) is 9.57. The van der Waals surface area contributed by atoms with Gasteiger partial charge >= 0.3 is 0 Å². The van der Waals surface area contributed by atoms with Gasteiger partial charge in [-0.25, -0.2) is 0 Å². The van der Waals surface area contributed by atoms with E-state index in [1.54, 1.807) is 12.1 Å². The normalized spacial score (nSPS) is 14.4. The molecule has 48 heavy (non-hydrogen) atoms. The number of benzene rings is 6. The fraction of sp³-hybridized carbons (Fsp3) is 0.150. The van der Waals surface area contributed by atoms with Crippen LogP contribution in [0, 0.1) is 0 Å². The lowest BCUT2D eigenvalue weighted by atomic mass is 9.89. The third kappa shape index (κ3) is 4.59. The Kier molecular flexibility index (Phi) is 6.95. The van der Waals surface area contributed by atoms with Crippen molar-refractivity contribution in [3.05, 3.63) is 132 Å². The SMILES string of the molecule is CN(/C=C/N(C)CCN1C(=O)c2cccc3cc4ccccc4c(c23)C1=O)CCN1C(=O)c2cccc3cc4ccccc4c(c23)C1=O. The van der Waals surface area contributed by atoms with Crippen LogP contribution in [0.1, 0.15) is 41.4 Å². The molecule has 0 unspecified atom stereocenters. The lowest BCUT2D eigenvalue weighted by Gasteiger charge is -2.30. The van der Waals surface area contributed by atoms with Crippen LogP contribution in [0.15, 0.2) is 109 Å². The molecule has 236 valence electrons. The summed E-state index contributed by atoms with van der Waals surface area (Å²) < 4.78 is 0. The summed E-state index contributed by atoms with van der Waals surface area (Å²) in [5, 5.41) is 6.81. The summed E-state index contributed by atoms with van der Waals surface area (Å²) in [7, 11) is 3.77. The van der Waals surface area contributed by atoms with Crippen LogP contribution >= 0.6 is 0 Å². The second-order valence-corrected chi connectivity index (χ2v) is 12.5. The van der Waals surface area contributed by atoms with Gasteiger partial charge in [0.1, 0.15) is 0 Å². The number of amides is 4. The first-order valence-corrected chi connectivity index (χ1v) is 16.0. The molecule has 8 nitrogen and oxygen atoms in total. The highest BCUT2D eigenvalue weighted by Gasteiger charge is 2.35. The van der Waals surface area contributed by atoms with Crippen LogP contribution < -0.4 is 0 Å². The average Bonchev–Trinajstić information content (AvgIpc) is 3.10. The molecule has 8 rings (SSSR count). The van der Waals surface area contributed by atoms with Crippen molar-refractivity contribution in [2.75, 3.05) is 40.3 Å². The van der Waals surface area contributed by atoms with Crippen LogP contribution in [0.2, 0.25) is 0 Å². The van der Waals surface area contributed by atoms with Gasteiger partial charge in [-0.1, -0.05) is 72.8 Å². The summed E-state index contributed by atoms with van der Waals surface area (Å²) in [4.78, 5) is 61.2. The molecule has 0 bridgehead atoms. The van der Waals surface area contributed by atoms with E-state index in [1.165, 1.54) is 9.80 Å². The Bertz CT molecular complexity index is 2230. The van der Waals surface area contributed by atoms with E-state index >= 15 is 0 Å². The van der Waals surface area contributed by atoms with Crippen molar-refractivity contribution in [1.82, 2.24) is 19.6 Å². The first kappa shape index (κ1) is 29.4. The third-order valence-electron chi connectivity index (χ3n) is 9.57. The van der Waals surface area contributed by atoms with E-state index in [2.05, 4.69) is 0 Å². The van der Waals surface area contributed by atoms with Crippen LogP contribution in [0.5, 0.6) is 0 Å². The number of likely N-dealkylation sites (N-methyl/N-ethyl adjacent to an activating group) is 2. The molecule has 0 aliphatic carbocycles. The quantitative estimate of drug-likeness (QED) is 0.140. The Morgan fingerprint density at radius 2 is 0.896 bits per heavy atom. The first-order valence-electron chi connectivity index (χ1n) is 16.0. The van der Waals surface area contributed by atoms with Crippen molar-refractivity contribution < 1.29 is 19.2 Å². The number of imide groups is 2. The standard InChI is InChI=1S/C40H32N4O4/c1-41(19-21-43-37(45)31-15-7-11-27-23-25-9-3-5-13-29(25)35(33(27)31)39(43)47)17-18-42(2)20-22-44-38(46)32-16-8-12-28-24-26-10-4-6-14-30(26)36(34(28)32)40(44)48/h3-18,23-24H,19-22H2,1-2H3/b18-17+. The minimum absolute atomic E-state index is 0.219. The van der Waals surface area contributed by atoms with Crippen molar-refractivity contribution in [2.24, 2.45) is 0 Å². The van der Waals surface area contributed by atoms with E-state index in [-0.39, 0.29) is 36.7 Å². The van der Waals surface area contributed by atoms with Crippen LogP contribution in [0.4, 0.5) is 0 Å². The summed E-state index contributed by atoms with van der Waals surface area (Å²) >= 11 is 0. The molecule has 0 aromatic heterocycles. The number of carbonyl (C=O) groups excluding carboxylic acids is 4. The molecule has 6 aromatic rings. The van der Waals surface area contributed by atoms with Gasteiger partial charge in [0.2, 0.25) is 0 Å². The lowest BCUT2D eigenvalue weighted by Crippen LogP contribution is -2.44. The van der Waals surface area contributed by atoms with Crippen LogP contribution in [-0.2, 0) is 0 Å². The van der Waals surface area contributed by atoms with Crippen molar-refractivity contribution in [2.45, 2.75) is 0 Å². The molecule has 2 aliphatic rings. The molecule has 0 spiro atoms. The van der Waals surface area contributed by atoms with Gasteiger partial charge in [-0.2, -0.15) is 0 Å². The Labute approximate surface area is 277 Å². The second kappa shape index (κ2) is 11.3. The molecule has 0 saturated heterocycles. The Hall–Kier alpha value is -6.02. The van der Waals surface area contributed by atoms with Gasteiger partial charge in [0.25, 0.3) is 23.6 Å². The van der Waals surface area contributed by atoms with E-state index in [4.69, 9.17) is 0 Å². The zero-order valence-corrected chi connectivity index (χ0v) is 26.6. The van der Waals surface area contributed by atoms with Crippen molar-refractivity contribution in [3.8, 4) is 0 Å². The highest BCUT2D eigenvalue weighted by atomic mass is 16.2. The van der Waals surface area contributed by atoms with E-state index < -0.39 is 0 Å². The van der Waals surface area contributed by atoms with E-state index in [0.717, 1.165) is 43.1 Å². The molecule has 8 heteroatoms. The fourth-order valence-corrected chi connectivity index (χ4v) is 7.09. The number of fused-ring (bicyclic) bond motifs is 4. The molecular weight excluding hydrogens is 600 g/mol. The average molecular weight is 633 g/mol. The molecule has 0 fully saturated rings. The Balaban J connectivity index is 0.950. The van der Waals surface area contributed by atoms with Crippen LogP contribution in [0.25, 0.3) is 43.1 Å². The first-order chi connectivity index (χ1) is 23.3. The summed E-state index contributed by atoms with van der Waals surface area (Å²) in [6.07, 6.45) is 3.73. The minimum atomic E-state index is -0.288. The molecule has 4 amide bonds. The summed E-state index contributed by atoms with van der Waals surface area (Å²) in [6.45, 7) is 1.29. The molecule has 0 N–H and O–H groups in total. The van der Waals surface area contributed by atoms with Gasteiger partial charge in [-0.05, 0) is 56.6 Å².